The van der Waals surface area contributed by atoms with Gasteiger partial charge in [0.15, 0.2) is 5.65 Å². The van der Waals surface area contributed by atoms with Crippen LogP contribution in [-0.2, 0) is 16.1 Å². The zero-order valence-corrected chi connectivity index (χ0v) is 17.9. The first-order valence-corrected chi connectivity index (χ1v) is 11.2. The van der Waals surface area contributed by atoms with Gasteiger partial charge in [-0.1, -0.05) is 0 Å². The van der Waals surface area contributed by atoms with E-state index in [0.29, 0.717) is 36.0 Å². The van der Waals surface area contributed by atoms with Crippen molar-refractivity contribution in [2.24, 2.45) is 0 Å². The molecule has 1 saturated heterocycles. The van der Waals surface area contributed by atoms with Crippen LogP contribution in [0, 0.1) is 0 Å². The predicted octanol–water partition coefficient (Wildman–Crippen LogP) is 2.72. The molecule has 33 heavy (non-hydrogen) atoms. The Kier molecular flexibility index (Phi) is 4.53. The molecule has 2 aliphatic carbocycles. The van der Waals surface area contributed by atoms with Gasteiger partial charge >= 0.3 is 6.03 Å². The highest BCUT2D eigenvalue weighted by Crippen LogP contribution is 2.42. The minimum Gasteiger partial charge on any atom is -0.379 e. The summed E-state index contributed by atoms with van der Waals surface area (Å²) < 4.78 is 1.96. The van der Waals surface area contributed by atoms with Crippen molar-refractivity contribution in [1.29, 1.82) is 0 Å². The van der Waals surface area contributed by atoms with Crippen LogP contribution in [0.15, 0.2) is 36.8 Å². The van der Waals surface area contributed by atoms with Crippen molar-refractivity contribution in [2.75, 3.05) is 22.1 Å². The molecule has 0 bridgehead atoms. The Morgan fingerprint density at radius 1 is 1.12 bits per heavy atom. The molecule has 6 rings (SSSR count). The first-order chi connectivity index (χ1) is 16.1. The number of nitrogens with zero attached hydrogens (tertiary/aromatic N) is 5. The molecule has 4 amide bonds. The first kappa shape index (κ1) is 19.7. The lowest BCUT2D eigenvalue weighted by atomic mass is 10.1. The zero-order chi connectivity index (χ0) is 22.5. The fraction of sp³-hybridized carbons (Fsp3) is 0.348. The molecular formula is C23H23N7O3. The van der Waals surface area contributed by atoms with Crippen LogP contribution in [0.1, 0.15) is 42.9 Å². The summed E-state index contributed by atoms with van der Waals surface area (Å²) in [7, 11) is 0. The van der Waals surface area contributed by atoms with E-state index in [-0.39, 0.29) is 24.5 Å². The standard InChI is InChI=1S/C23H23N7O3/c31-13-26-20-8-16(5-6-24-20)25-9-17-11-28-10-15(14-1-2-14)7-19(22(28)27-17)29-12-21(32)30(23(29)33)18-3-4-18/h5-8,10-11,13-14,18H,1-4,9,12H2,(H2,24,25,26,31). The lowest BCUT2D eigenvalue weighted by Crippen LogP contribution is -2.34. The van der Waals surface area contributed by atoms with Crippen LogP contribution in [0.25, 0.3) is 5.65 Å². The number of amides is 4. The van der Waals surface area contributed by atoms with Gasteiger partial charge in [-0.15, -0.1) is 0 Å². The number of urea groups is 1. The molecule has 4 heterocycles. The van der Waals surface area contributed by atoms with Crippen molar-refractivity contribution >= 4 is 41.2 Å². The summed E-state index contributed by atoms with van der Waals surface area (Å²) >= 11 is 0. The van der Waals surface area contributed by atoms with E-state index < -0.39 is 0 Å². The Morgan fingerprint density at radius 2 is 1.97 bits per heavy atom. The molecular weight excluding hydrogens is 422 g/mol. The molecule has 168 valence electrons. The Bertz CT molecular complexity index is 1280. The van der Waals surface area contributed by atoms with Crippen molar-refractivity contribution in [2.45, 2.75) is 44.2 Å². The summed E-state index contributed by atoms with van der Waals surface area (Å²) in [5, 5.41) is 5.82. The number of pyridine rings is 2. The van der Waals surface area contributed by atoms with Gasteiger partial charge in [0.25, 0.3) is 5.91 Å². The number of imide groups is 1. The van der Waals surface area contributed by atoms with Crippen LogP contribution in [0.2, 0.25) is 0 Å². The fourth-order valence-electron chi connectivity index (χ4n) is 4.35. The summed E-state index contributed by atoms with van der Waals surface area (Å²) in [5.41, 5.74) is 4.11. The Hall–Kier alpha value is -3.95. The molecule has 0 spiro atoms. The number of rotatable bonds is 8. The van der Waals surface area contributed by atoms with E-state index >= 15 is 0 Å². The zero-order valence-electron chi connectivity index (χ0n) is 17.9. The van der Waals surface area contributed by atoms with Gasteiger partial charge in [0.05, 0.1) is 17.9 Å². The number of imidazole rings is 1. The smallest absolute Gasteiger partial charge is 0.332 e. The molecule has 10 heteroatoms. The monoisotopic (exact) mass is 445 g/mol. The van der Waals surface area contributed by atoms with E-state index in [0.717, 1.165) is 37.1 Å². The topological polar surface area (TPSA) is 112 Å². The number of fused-ring (bicyclic) bond motifs is 1. The average molecular weight is 445 g/mol. The van der Waals surface area contributed by atoms with E-state index in [1.807, 2.05) is 22.7 Å². The summed E-state index contributed by atoms with van der Waals surface area (Å²) in [4.78, 5) is 48.1. The van der Waals surface area contributed by atoms with E-state index in [1.54, 1.807) is 17.2 Å². The van der Waals surface area contributed by atoms with Crippen molar-refractivity contribution < 1.29 is 14.4 Å². The van der Waals surface area contributed by atoms with Crippen LogP contribution < -0.4 is 15.5 Å². The highest BCUT2D eigenvalue weighted by molar-refractivity contribution is 6.14. The molecule has 2 saturated carbocycles. The van der Waals surface area contributed by atoms with Crippen molar-refractivity contribution in [1.82, 2.24) is 19.3 Å². The second kappa shape index (κ2) is 7.58. The normalized spacial score (nSPS) is 18.3. The summed E-state index contributed by atoms with van der Waals surface area (Å²) in [6.07, 6.45) is 10.3. The lowest BCUT2D eigenvalue weighted by Gasteiger charge is -2.18. The van der Waals surface area contributed by atoms with Gasteiger partial charge in [0, 0.05) is 36.4 Å². The number of nitrogens with one attached hydrogen (secondary N) is 2. The van der Waals surface area contributed by atoms with Crippen molar-refractivity contribution in [3.8, 4) is 0 Å². The van der Waals surface area contributed by atoms with Gasteiger partial charge < -0.3 is 15.0 Å². The van der Waals surface area contributed by atoms with Gasteiger partial charge in [0.2, 0.25) is 6.41 Å². The van der Waals surface area contributed by atoms with E-state index in [9.17, 15) is 14.4 Å². The molecule has 0 aromatic carbocycles. The first-order valence-electron chi connectivity index (χ1n) is 11.2. The molecule has 3 fully saturated rings. The van der Waals surface area contributed by atoms with Gasteiger partial charge in [0.1, 0.15) is 12.4 Å². The third-order valence-electron chi connectivity index (χ3n) is 6.29. The Balaban J connectivity index is 1.31. The summed E-state index contributed by atoms with van der Waals surface area (Å²) in [6.45, 7) is 0.509. The highest BCUT2D eigenvalue weighted by Gasteiger charge is 2.46. The third kappa shape index (κ3) is 3.67. The lowest BCUT2D eigenvalue weighted by molar-refractivity contribution is -0.125. The quantitative estimate of drug-likeness (QED) is 0.407. The molecule has 3 aliphatic rings. The van der Waals surface area contributed by atoms with Crippen molar-refractivity contribution in [3.05, 3.63) is 48.0 Å². The number of aromatic nitrogens is 3. The van der Waals surface area contributed by atoms with Gasteiger partial charge in [-0.3, -0.25) is 19.4 Å². The molecule has 3 aromatic heterocycles. The van der Waals surface area contributed by atoms with Crippen LogP contribution >= 0.6 is 0 Å². The number of carbonyl (C=O) groups is 3. The maximum Gasteiger partial charge on any atom is 0.332 e. The average Bonchev–Trinajstić information content (AvgIpc) is 3.74. The van der Waals surface area contributed by atoms with E-state index in [4.69, 9.17) is 4.98 Å². The number of hydrogen-bond donors (Lipinski definition) is 2. The van der Waals surface area contributed by atoms with Gasteiger partial charge in [-0.05, 0) is 49.3 Å². The molecule has 3 aromatic rings. The molecule has 10 nitrogen and oxygen atoms in total. The second-order valence-corrected chi connectivity index (χ2v) is 8.81. The van der Waals surface area contributed by atoms with E-state index in [1.165, 1.54) is 10.5 Å². The minimum atomic E-state index is -0.244. The highest BCUT2D eigenvalue weighted by atomic mass is 16.2. The largest absolute Gasteiger partial charge is 0.379 e. The summed E-state index contributed by atoms with van der Waals surface area (Å²) in [6, 6.07) is 5.38. The Morgan fingerprint density at radius 3 is 2.73 bits per heavy atom. The SMILES string of the molecule is O=CNc1cc(NCc2cn3cc(C4CC4)cc(N4CC(=O)N(C5CC5)C4=O)c3n2)ccn1. The van der Waals surface area contributed by atoms with Crippen LogP contribution in [0.5, 0.6) is 0 Å². The van der Waals surface area contributed by atoms with Crippen LogP contribution in [-0.4, -0.2) is 50.2 Å². The number of anilines is 3. The minimum absolute atomic E-state index is 0.0519. The van der Waals surface area contributed by atoms with Crippen molar-refractivity contribution in [3.63, 3.8) is 0 Å². The Labute approximate surface area is 189 Å². The van der Waals surface area contributed by atoms with Gasteiger partial charge in [-0.25, -0.2) is 14.8 Å². The van der Waals surface area contributed by atoms with Gasteiger partial charge in [-0.2, -0.15) is 0 Å². The van der Waals surface area contributed by atoms with Crippen LogP contribution in [0.3, 0.4) is 0 Å². The molecule has 2 N–H and O–H groups in total. The molecule has 0 unspecified atom stereocenters. The molecule has 0 radical (unpaired) electrons. The van der Waals surface area contributed by atoms with E-state index in [2.05, 4.69) is 21.8 Å². The fourth-order valence-corrected chi connectivity index (χ4v) is 4.35. The molecule has 0 atom stereocenters. The number of hydrogen-bond acceptors (Lipinski definition) is 6. The third-order valence-corrected chi connectivity index (χ3v) is 6.29. The molecule has 1 aliphatic heterocycles. The number of carbonyl (C=O) groups excluding carboxylic acids is 3. The maximum absolute atomic E-state index is 13.1. The predicted molar refractivity (Wildman–Crippen MR) is 121 cm³/mol. The second-order valence-electron chi connectivity index (χ2n) is 8.81. The summed E-state index contributed by atoms with van der Waals surface area (Å²) in [5.74, 6) is 0.813. The maximum atomic E-state index is 13.1. The van der Waals surface area contributed by atoms with Crippen LogP contribution in [0.4, 0.5) is 22.0 Å².